The number of nitrogens with zero attached hydrogens (tertiary/aromatic N) is 2. The van der Waals surface area contributed by atoms with Crippen molar-refractivity contribution in [2.24, 2.45) is 0 Å². The van der Waals surface area contributed by atoms with E-state index >= 15 is 0 Å². The highest BCUT2D eigenvalue weighted by Crippen LogP contribution is 2.19. The molecule has 0 fully saturated rings. The van der Waals surface area contributed by atoms with Gasteiger partial charge >= 0.3 is 0 Å². The average Bonchev–Trinajstić information content (AvgIpc) is 3.12. The number of para-hydroxylation sites is 3. The van der Waals surface area contributed by atoms with Crippen molar-refractivity contribution in [3.63, 3.8) is 0 Å². The third kappa shape index (κ3) is 5.19. The first-order valence-corrected chi connectivity index (χ1v) is 10.2. The molecule has 1 atom stereocenters. The normalized spacial score (nSPS) is 12.2. The summed E-state index contributed by atoms with van der Waals surface area (Å²) in [6, 6.07) is 25.0. The van der Waals surface area contributed by atoms with Crippen molar-refractivity contribution in [3.8, 4) is 5.75 Å². The van der Waals surface area contributed by atoms with Crippen LogP contribution in [0.25, 0.3) is 11.0 Å². The van der Waals surface area contributed by atoms with Gasteiger partial charge in [-0.1, -0.05) is 54.1 Å². The Morgan fingerprint density at radius 2 is 1.63 bits per heavy atom. The molecule has 0 aliphatic carbocycles. The molecule has 1 N–H and O–H groups in total. The van der Waals surface area contributed by atoms with E-state index in [1.807, 2.05) is 83.4 Å². The van der Waals surface area contributed by atoms with E-state index in [9.17, 15) is 5.11 Å². The Morgan fingerprint density at radius 3 is 2.43 bits per heavy atom. The first-order chi connectivity index (χ1) is 14.7. The lowest BCUT2D eigenvalue weighted by atomic mass is 10.2. The van der Waals surface area contributed by atoms with Crippen molar-refractivity contribution >= 4 is 22.6 Å². The highest BCUT2D eigenvalue weighted by atomic mass is 35.5. The Hall–Kier alpha value is -2.86. The molecule has 6 heteroatoms. The molecule has 0 unspecified atom stereocenters. The smallest absolute Gasteiger partial charge is 0.148 e. The summed E-state index contributed by atoms with van der Waals surface area (Å²) < 4.78 is 13.6. The molecule has 0 spiro atoms. The van der Waals surface area contributed by atoms with Crippen LogP contribution in [0.4, 0.5) is 0 Å². The molecule has 30 heavy (non-hydrogen) atoms. The molecule has 0 radical (unpaired) electrons. The molecule has 1 heterocycles. The summed E-state index contributed by atoms with van der Waals surface area (Å²) in [7, 11) is 0. The van der Waals surface area contributed by atoms with Crippen molar-refractivity contribution < 1.29 is 14.6 Å². The second-order valence-corrected chi connectivity index (χ2v) is 7.46. The summed E-state index contributed by atoms with van der Waals surface area (Å²) >= 11 is 5.90. The maximum Gasteiger partial charge on any atom is 0.148 e. The van der Waals surface area contributed by atoms with Gasteiger partial charge in [-0.3, -0.25) is 0 Å². The average molecular weight is 423 g/mol. The van der Waals surface area contributed by atoms with E-state index in [1.165, 1.54) is 0 Å². The topological polar surface area (TPSA) is 56.5 Å². The predicted octanol–water partition coefficient (Wildman–Crippen LogP) is 4.85. The van der Waals surface area contributed by atoms with Gasteiger partial charge in [-0.05, 0) is 42.0 Å². The monoisotopic (exact) mass is 422 g/mol. The fourth-order valence-corrected chi connectivity index (χ4v) is 3.39. The molecule has 0 amide bonds. The quantitative estimate of drug-likeness (QED) is 0.419. The lowest BCUT2D eigenvalue weighted by molar-refractivity contribution is 0.0202. The molecular weight excluding hydrogens is 400 g/mol. The van der Waals surface area contributed by atoms with Gasteiger partial charge in [0, 0.05) is 5.02 Å². The third-order valence-electron chi connectivity index (χ3n) is 4.73. The molecule has 154 valence electrons. The minimum atomic E-state index is -0.676. The summed E-state index contributed by atoms with van der Waals surface area (Å²) in [4.78, 5) is 4.69. The van der Waals surface area contributed by atoms with Gasteiger partial charge in [0.2, 0.25) is 0 Å². The van der Waals surface area contributed by atoms with Crippen molar-refractivity contribution in [2.75, 3.05) is 6.61 Å². The molecule has 1 aromatic heterocycles. The van der Waals surface area contributed by atoms with E-state index in [0.29, 0.717) is 24.8 Å². The SMILES string of the molecule is O[C@H](COCc1ccc(Cl)cc1)Cn1c(COc2ccccc2)nc2ccccc21. The number of hydrogen-bond acceptors (Lipinski definition) is 4. The summed E-state index contributed by atoms with van der Waals surface area (Å²) in [5.74, 6) is 1.54. The van der Waals surface area contributed by atoms with Crippen molar-refractivity contribution in [2.45, 2.75) is 25.9 Å². The number of fused-ring (bicyclic) bond motifs is 1. The molecular formula is C24H23ClN2O3. The molecule has 5 nitrogen and oxygen atoms in total. The van der Waals surface area contributed by atoms with Crippen LogP contribution in [0.5, 0.6) is 5.75 Å². The highest BCUT2D eigenvalue weighted by molar-refractivity contribution is 6.30. The van der Waals surface area contributed by atoms with Gasteiger partial charge in [0.05, 0.1) is 36.9 Å². The van der Waals surface area contributed by atoms with Crippen molar-refractivity contribution in [1.82, 2.24) is 9.55 Å². The standard InChI is InChI=1S/C24H23ClN2O3/c25-19-12-10-18(11-13-19)15-29-16-20(28)14-27-23-9-5-4-8-22(23)26-24(27)17-30-21-6-2-1-3-7-21/h1-13,20,28H,14-17H2/t20-/m0/s1. The van der Waals surface area contributed by atoms with Crippen LogP contribution in [-0.4, -0.2) is 27.4 Å². The fraction of sp³-hybridized carbons (Fsp3) is 0.208. The van der Waals surface area contributed by atoms with Crippen LogP contribution in [-0.2, 0) is 24.5 Å². The molecule has 4 rings (SSSR count). The van der Waals surface area contributed by atoms with Gasteiger partial charge in [0.25, 0.3) is 0 Å². The Balaban J connectivity index is 1.41. The van der Waals surface area contributed by atoms with Crippen LogP contribution < -0.4 is 4.74 Å². The van der Waals surface area contributed by atoms with Crippen LogP contribution >= 0.6 is 11.6 Å². The van der Waals surface area contributed by atoms with E-state index in [0.717, 1.165) is 28.2 Å². The summed E-state index contributed by atoms with van der Waals surface area (Å²) in [5, 5.41) is 11.3. The summed E-state index contributed by atoms with van der Waals surface area (Å²) in [6.45, 7) is 1.32. The number of aliphatic hydroxyl groups is 1. The maximum atomic E-state index is 10.6. The number of aromatic nitrogens is 2. The van der Waals surface area contributed by atoms with Gasteiger partial charge in [-0.2, -0.15) is 0 Å². The number of imidazole rings is 1. The molecule has 0 aliphatic rings. The van der Waals surface area contributed by atoms with E-state index in [2.05, 4.69) is 0 Å². The molecule has 0 saturated heterocycles. The summed E-state index contributed by atoms with van der Waals surface area (Å²) in [5.41, 5.74) is 2.84. The lowest BCUT2D eigenvalue weighted by Gasteiger charge is -2.15. The highest BCUT2D eigenvalue weighted by Gasteiger charge is 2.15. The van der Waals surface area contributed by atoms with Crippen LogP contribution in [0.2, 0.25) is 5.02 Å². The van der Waals surface area contributed by atoms with Crippen molar-refractivity contribution in [3.05, 3.63) is 95.3 Å². The number of ether oxygens (including phenoxy) is 2. The van der Waals surface area contributed by atoms with E-state index in [4.69, 9.17) is 26.1 Å². The molecule has 4 aromatic rings. The van der Waals surface area contributed by atoms with Gasteiger partial charge in [0.15, 0.2) is 0 Å². The zero-order chi connectivity index (χ0) is 20.8. The van der Waals surface area contributed by atoms with Crippen LogP contribution in [0.3, 0.4) is 0 Å². The second-order valence-electron chi connectivity index (χ2n) is 7.02. The fourth-order valence-electron chi connectivity index (χ4n) is 3.26. The molecule has 3 aromatic carbocycles. The number of rotatable bonds is 9. The lowest BCUT2D eigenvalue weighted by Crippen LogP contribution is -2.23. The molecule has 0 aliphatic heterocycles. The summed E-state index contributed by atoms with van der Waals surface area (Å²) in [6.07, 6.45) is -0.676. The first-order valence-electron chi connectivity index (χ1n) is 9.81. The van der Waals surface area contributed by atoms with Crippen LogP contribution in [0, 0.1) is 0 Å². The Kier molecular flexibility index (Phi) is 6.64. The minimum Gasteiger partial charge on any atom is -0.486 e. The predicted molar refractivity (Wildman–Crippen MR) is 118 cm³/mol. The Labute approximate surface area is 180 Å². The third-order valence-corrected chi connectivity index (χ3v) is 4.98. The largest absolute Gasteiger partial charge is 0.486 e. The van der Waals surface area contributed by atoms with Crippen LogP contribution in [0.1, 0.15) is 11.4 Å². The molecule has 0 saturated carbocycles. The van der Waals surface area contributed by atoms with E-state index < -0.39 is 6.10 Å². The second kappa shape index (κ2) is 9.76. The first kappa shape index (κ1) is 20.4. The van der Waals surface area contributed by atoms with E-state index in [-0.39, 0.29) is 6.61 Å². The number of halogens is 1. The van der Waals surface area contributed by atoms with Gasteiger partial charge in [-0.25, -0.2) is 4.98 Å². The van der Waals surface area contributed by atoms with Gasteiger partial charge < -0.3 is 19.1 Å². The Bertz CT molecular complexity index is 1080. The van der Waals surface area contributed by atoms with Crippen molar-refractivity contribution in [1.29, 1.82) is 0 Å². The number of hydrogen-bond donors (Lipinski definition) is 1. The van der Waals surface area contributed by atoms with E-state index in [1.54, 1.807) is 0 Å². The number of benzene rings is 3. The zero-order valence-corrected chi connectivity index (χ0v) is 17.2. The zero-order valence-electron chi connectivity index (χ0n) is 16.4. The molecule has 0 bridgehead atoms. The maximum absolute atomic E-state index is 10.6. The van der Waals surface area contributed by atoms with Gasteiger partial charge in [0.1, 0.15) is 18.2 Å². The van der Waals surface area contributed by atoms with Crippen LogP contribution in [0.15, 0.2) is 78.9 Å². The minimum absolute atomic E-state index is 0.216. The van der Waals surface area contributed by atoms with Gasteiger partial charge in [-0.15, -0.1) is 0 Å². The number of aliphatic hydroxyl groups excluding tert-OH is 1. The Morgan fingerprint density at radius 1 is 0.900 bits per heavy atom.